The molecule has 3 aromatic rings. The van der Waals surface area contributed by atoms with E-state index in [-0.39, 0.29) is 49.9 Å². The van der Waals surface area contributed by atoms with E-state index < -0.39 is 41.1 Å². The van der Waals surface area contributed by atoms with Gasteiger partial charge in [0.25, 0.3) is 0 Å². The van der Waals surface area contributed by atoms with Gasteiger partial charge in [0.15, 0.2) is 0 Å². The van der Waals surface area contributed by atoms with E-state index in [0.29, 0.717) is 6.42 Å². The van der Waals surface area contributed by atoms with Crippen molar-refractivity contribution in [3.63, 3.8) is 0 Å². The van der Waals surface area contributed by atoms with E-state index in [2.05, 4.69) is 98.9 Å². The fourth-order valence-corrected chi connectivity index (χ4v) is 14.2. The Bertz CT molecular complexity index is 1470. The summed E-state index contributed by atoms with van der Waals surface area (Å²) >= 11 is 5.39. The molecule has 10 nitrogen and oxygen atoms in total. The number of unbranched alkanes of at least 4 members (excludes halogenated alkanes) is 1. The van der Waals surface area contributed by atoms with Gasteiger partial charge in [0, 0.05) is 0 Å². The van der Waals surface area contributed by atoms with Crippen LogP contribution in [0.5, 0.6) is 0 Å². The van der Waals surface area contributed by atoms with E-state index >= 15 is 0 Å². The van der Waals surface area contributed by atoms with Crippen LogP contribution in [0.3, 0.4) is 0 Å². The van der Waals surface area contributed by atoms with Gasteiger partial charge in [0.1, 0.15) is 6.04 Å². The second kappa shape index (κ2) is 20.3. The van der Waals surface area contributed by atoms with Gasteiger partial charge in [0.2, 0.25) is 0 Å². The zero-order chi connectivity index (χ0) is 36.4. The number of nitrogens with two attached hydrogens (primary N) is 1. The van der Waals surface area contributed by atoms with E-state index in [4.69, 9.17) is 15.2 Å². The zero-order valence-corrected chi connectivity index (χ0v) is 31.9. The SMILES string of the molecule is CCOC(=O)CNC(=O)[C@H](CSC(=O)CCCCP(Br)(c1ccccc1)(c1ccccc1)c1ccccc1)NC(=O)CC[C@H](N)C(=O)OCC. The Morgan fingerprint density at radius 2 is 1.30 bits per heavy atom. The third-order valence-corrected chi connectivity index (χ3v) is 19.2. The monoisotopic (exact) mass is 787 g/mol. The maximum atomic E-state index is 13.1. The number of esters is 2. The van der Waals surface area contributed by atoms with Crippen LogP contribution >= 0.6 is 32.6 Å². The summed E-state index contributed by atoms with van der Waals surface area (Å²) in [5, 5.41) is 5.44. The number of nitrogens with one attached hydrogen (secondary N) is 2. The molecular weight excluding hydrogens is 741 g/mol. The quantitative estimate of drug-likeness (QED) is 0.0874. The molecule has 0 unspecified atom stereocenters. The number of rotatable bonds is 20. The molecule has 0 fully saturated rings. The van der Waals surface area contributed by atoms with Crippen LogP contribution in [0.1, 0.15) is 46.0 Å². The first-order valence-electron chi connectivity index (χ1n) is 16.7. The van der Waals surface area contributed by atoms with Crippen molar-refractivity contribution in [1.82, 2.24) is 10.6 Å². The standard InChI is InChI=1S/C37H47BrN3O7PS/c1-3-47-34(43)26-40-36(45)32(41-33(42)24-23-31(39)37(46)48-4-2)27-50-35(44)22-14-15-25-49(38,28-16-8-5-9-17-28,29-18-10-6-11-19-29)30-20-12-7-13-21-30/h5-13,16-21,31-32H,3-4,14-15,22-27,39H2,1-2H3,(H,40,45)(H,41,42)/t31-,32-/m0/s1. The first kappa shape index (κ1) is 40.9. The minimum Gasteiger partial charge on any atom is -0.465 e. The van der Waals surface area contributed by atoms with Crippen LogP contribution in [0.4, 0.5) is 0 Å². The van der Waals surface area contributed by atoms with Crippen molar-refractivity contribution in [3.8, 4) is 0 Å². The van der Waals surface area contributed by atoms with Gasteiger partial charge in [0.05, 0.1) is 13.2 Å². The number of benzene rings is 3. The molecule has 0 bridgehead atoms. The van der Waals surface area contributed by atoms with Gasteiger partial charge in [-0.2, -0.15) is 0 Å². The third kappa shape index (κ3) is 11.2. The van der Waals surface area contributed by atoms with Crippen molar-refractivity contribution in [2.24, 2.45) is 5.73 Å². The van der Waals surface area contributed by atoms with Gasteiger partial charge in [-0.15, -0.1) is 0 Å². The van der Waals surface area contributed by atoms with Crippen molar-refractivity contribution in [2.45, 2.75) is 58.0 Å². The van der Waals surface area contributed by atoms with Gasteiger partial charge in [-0.3, -0.25) is 9.59 Å². The molecule has 0 aliphatic rings. The predicted molar refractivity (Wildman–Crippen MR) is 206 cm³/mol. The fraction of sp³-hybridized carbons (Fsp3) is 0.378. The summed E-state index contributed by atoms with van der Waals surface area (Å²) in [6.07, 6.45) is 2.28. The second-order valence-electron chi connectivity index (χ2n) is 11.6. The summed E-state index contributed by atoms with van der Waals surface area (Å²) in [5.74, 6) is -2.45. The topological polar surface area (TPSA) is 154 Å². The molecule has 0 aliphatic heterocycles. The number of carbonyl (C=O) groups is 5. The second-order valence-corrected chi connectivity index (χ2v) is 21.7. The number of carbonyl (C=O) groups excluding carboxylic acids is 5. The summed E-state index contributed by atoms with van der Waals surface area (Å²) in [7, 11) is 0. The van der Waals surface area contributed by atoms with Crippen LogP contribution in [-0.4, -0.2) is 72.6 Å². The Kier molecular flexibility index (Phi) is 16.6. The molecule has 13 heteroatoms. The molecule has 3 rings (SSSR count). The summed E-state index contributed by atoms with van der Waals surface area (Å²) in [6, 6.07) is 29.2. The van der Waals surface area contributed by atoms with Crippen molar-refractivity contribution in [1.29, 1.82) is 0 Å². The molecule has 0 saturated heterocycles. The maximum absolute atomic E-state index is 13.1. The summed E-state index contributed by atoms with van der Waals surface area (Å²) < 4.78 is 9.75. The number of ether oxygens (including phenoxy) is 2. The molecule has 2 amide bonds. The van der Waals surface area contributed by atoms with E-state index in [1.54, 1.807) is 13.8 Å². The summed E-state index contributed by atoms with van der Waals surface area (Å²) in [6.45, 7) is 3.24. The summed E-state index contributed by atoms with van der Waals surface area (Å²) in [5.41, 5.74) is 5.81. The predicted octanol–water partition coefficient (Wildman–Crippen LogP) is 4.09. The average molecular weight is 789 g/mol. The van der Waals surface area contributed by atoms with Crippen LogP contribution in [0.15, 0.2) is 91.0 Å². The number of hydrogen-bond acceptors (Lipinski definition) is 9. The van der Waals surface area contributed by atoms with Gasteiger partial charge < -0.3 is 15.2 Å². The normalized spacial score (nSPS) is 13.2. The van der Waals surface area contributed by atoms with Crippen molar-refractivity contribution >= 4 is 77.3 Å². The number of thioether (sulfide) groups is 1. The minimum absolute atomic E-state index is 0.0154. The Balaban J connectivity index is 1.68. The third-order valence-electron chi connectivity index (χ3n) is 8.14. The van der Waals surface area contributed by atoms with Crippen LogP contribution in [0.25, 0.3) is 0 Å². The van der Waals surface area contributed by atoms with E-state index in [1.165, 1.54) is 15.9 Å². The smallest absolute Gasteiger partial charge is 0.465 e. The Labute approximate surface area is 306 Å². The van der Waals surface area contributed by atoms with Crippen LogP contribution in [0, 0.1) is 0 Å². The van der Waals surface area contributed by atoms with Crippen LogP contribution in [0.2, 0.25) is 0 Å². The summed E-state index contributed by atoms with van der Waals surface area (Å²) in [4.78, 5) is 62.5. The molecule has 4 N–H and O–H groups in total. The minimum atomic E-state index is -3.12. The van der Waals surface area contributed by atoms with Crippen molar-refractivity contribution in [3.05, 3.63) is 91.0 Å². The average Bonchev–Trinajstić information content (AvgIpc) is 3.14. The number of hydrogen-bond donors (Lipinski definition) is 3. The Hall–Kier alpha value is -3.57. The zero-order valence-electron chi connectivity index (χ0n) is 28.6. The first-order valence-corrected chi connectivity index (χ1v) is 22.2. The molecule has 0 aliphatic carbocycles. The molecule has 0 aromatic heterocycles. The molecular formula is C37H47BrN3O7PS. The van der Waals surface area contributed by atoms with Gasteiger partial charge >= 0.3 is 250 Å². The molecule has 3 aromatic carbocycles. The van der Waals surface area contributed by atoms with E-state index in [1.807, 2.05) is 18.2 Å². The molecule has 0 heterocycles. The molecule has 50 heavy (non-hydrogen) atoms. The molecule has 270 valence electrons. The van der Waals surface area contributed by atoms with Crippen LogP contribution < -0.4 is 32.3 Å². The van der Waals surface area contributed by atoms with Crippen molar-refractivity contribution < 1.29 is 33.4 Å². The van der Waals surface area contributed by atoms with Gasteiger partial charge in [-0.1, -0.05) is 0 Å². The van der Waals surface area contributed by atoms with E-state index in [0.717, 1.165) is 24.3 Å². The van der Waals surface area contributed by atoms with Gasteiger partial charge in [-0.25, -0.2) is 0 Å². The first-order chi connectivity index (χ1) is 24.0. The number of halogens is 1. The fourth-order valence-electron chi connectivity index (χ4n) is 5.58. The van der Waals surface area contributed by atoms with Gasteiger partial charge in [-0.05, 0) is 13.8 Å². The molecule has 2 atom stereocenters. The Morgan fingerprint density at radius 1 is 0.780 bits per heavy atom. The molecule has 0 saturated carbocycles. The van der Waals surface area contributed by atoms with Crippen molar-refractivity contribution in [2.75, 3.05) is 31.7 Å². The number of amides is 2. The molecule has 0 radical (unpaired) electrons. The Morgan fingerprint density at radius 3 is 1.80 bits per heavy atom. The van der Waals surface area contributed by atoms with E-state index in [9.17, 15) is 24.0 Å². The van der Waals surface area contributed by atoms with Crippen LogP contribution in [-0.2, 0) is 33.4 Å². The molecule has 0 spiro atoms.